The van der Waals surface area contributed by atoms with Gasteiger partial charge in [-0.25, -0.2) is 0 Å². The first kappa shape index (κ1) is 13.8. The second kappa shape index (κ2) is 6.50. The van der Waals surface area contributed by atoms with Crippen molar-refractivity contribution in [3.63, 3.8) is 0 Å². The van der Waals surface area contributed by atoms with Gasteiger partial charge in [0, 0.05) is 9.92 Å². The summed E-state index contributed by atoms with van der Waals surface area (Å²) >= 11 is 9.32. The third kappa shape index (κ3) is 3.67. The molecule has 0 radical (unpaired) electrons. The summed E-state index contributed by atoms with van der Waals surface area (Å²) < 4.78 is 12.2. The van der Waals surface area contributed by atoms with Crippen molar-refractivity contribution < 1.29 is 4.21 Å². The van der Waals surface area contributed by atoms with Crippen molar-refractivity contribution >= 4 is 38.3 Å². The first-order valence-corrected chi connectivity index (χ1v) is 8.01. The van der Waals surface area contributed by atoms with Crippen LogP contribution in [-0.4, -0.2) is 8.37 Å². The lowest BCUT2D eigenvalue weighted by Gasteiger charge is -2.10. The molecule has 2 aromatic rings. The Morgan fingerprint density at radius 1 is 1.06 bits per heavy atom. The molecule has 94 valence electrons. The lowest BCUT2D eigenvalue weighted by molar-refractivity contribution is 0.681. The number of halogens is 2. The van der Waals surface area contributed by atoms with Crippen molar-refractivity contribution in [2.24, 2.45) is 0 Å². The molecule has 0 aliphatic heterocycles. The summed E-state index contributed by atoms with van der Waals surface area (Å²) in [5.41, 5.74) is 1.17. The summed E-state index contributed by atoms with van der Waals surface area (Å²) in [6.45, 7) is 0. The van der Waals surface area contributed by atoms with Crippen molar-refractivity contribution in [2.45, 2.75) is 15.5 Å². The SMILES string of the molecule is O=[S@](c1ccc(Cl)cc1)[C@H](Br)Cc1ccccc1. The van der Waals surface area contributed by atoms with Gasteiger partial charge in [-0.3, -0.25) is 4.21 Å². The predicted molar refractivity (Wildman–Crippen MR) is 80.7 cm³/mol. The van der Waals surface area contributed by atoms with Crippen LogP contribution in [0, 0.1) is 0 Å². The lowest BCUT2D eigenvalue weighted by atomic mass is 10.2. The van der Waals surface area contributed by atoms with Gasteiger partial charge < -0.3 is 0 Å². The fraction of sp³-hybridized carbons (Fsp3) is 0.143. The molecule has 0 aromatic heterocycles. The summed E-state index contributed by atoms with van der Waals surface area (Å²) in [4.78, 5) is 0.789. The number of rotatable bonds is 4. The highest BCUT2D eigenvalue weighted by Gasteiger charge is 2.15. The van der Waals surface area contributed by atoms with Crippen LogP contribution in [-0.2, 0) is 17.2 Å². The van der Waals surface area contributed by atoms with Gasteiger partial charge in [0.1, 0.15) is 0 Å². The number of hydrogen-bond donors (Lipinski definition) is 0. The quantitative estimate of drug-likeness (QED) is 0.751. The van der Waals surface area contributed by atoms with Gasteiger partial charge in [-0.1, -0.05) is 57.9 Å². The van der Waals surface area contributed by atoms with E-state index >= 15 is 0 Å². The molecule has 2 rings (SSSR count). The normalized spacial score (nSPS) is 14.1. The summed E-state index contributed by atoms with van der Waals surface area (Å²) in [6, 6.07) is 17.1. The zero-order valence-electron chi connectivity index (χ0n) is 9.55. The van der Waals surface area contributed by atoms with Crippen molar-refractivity contribution in [3.05, 3.63) is 65.2 Å². The van der Waals surface area contributed by atoms with Gasteiger partial charge in [0.15, 0.2) is 0 Å². The first-order valence-electron chi connectivity index (χ1n) is 5.51. The lowest BCUT2D eigenvalue weighted by Crippen LogP contribution is -2.10. The summed E-state index contributed by atoms with van der Waals surface area (Å²) in [5, 5.41) is 0.657. The van der Waals surface area contributed by atoms with Crippen LogP contribution in [0.1, 0.15) is 5.56 Å². The summed E-state index contributed by atoms with van der Waals surface area (Å²) in [7, 11) is -1.08. The fourth-order valence-electron chi connectivity index (χ4n) is 1.59. The molecule has 0 saturated carbocycles. The third-order valence-electron chi connectivity index (χ3n) is 2.52. The van der Waals surface area contributed by atoms with E-state index < -0.39 is 10.8 Å². The fourth-order valence-corrected chi connectivity index (χ4v) is 3.78. The molecule has 18 heavy (non-hydrogen) atoms. The van der Waals surface area contributed by atoms with Crippen LogP contribution in [0.2, 0.25) is 5.02 Å². The maximum atomic E-state index is 12.3. The maximum Gasteiger partial charge on any atom is 0.0985 e. The molecule has 4 heteroatoms. The number of alkyl halides is 1. The molecule has 0 aliphatic carbocycles. The molecule has 0 N–H and O–H groups in total. The van der Waals surface area contributed by atoms with Crippen LogP contribution in [0.5, 0.6) is 0 Å². The van der Waals surface area contributed by atoms with E-state index in [2.05, 4.69) is 15.9 Å². The maximum absolute atomic E-state index is 12.3. The molecular formula is C14H12BrClOS. The minimum atomic E-state index is -1.08. The molecule has 1 nitrogen and oxygen atoms in total. The van der Waals surface area contributed by atoms with Gasteiger partial charge in [-0.15, -0.1) is 0 Å². The summed E-state index contributed by atoms with van der Waals surface area (Å²) in [6.07, 6.45) is 0.732. The van der Waals surface area contributed by atoms with E-state index in [1.807, 2.05) is 30.3 Å². The Hall–Kier alpha value is -0.640. The number of benzene rings is 2. The van der Waals surface area contributed by atoms with Crippen molar-refractivity contribution in [3.8, 4) is 0 Å². The predicted octanol–water partition coefficient (Wildman–Crippen LogP) is 4.41. The smallest absolute Gasteiger partial charge is 0.0985 e. The van der Waals surface area contributed by atoms with E-state index in [1.165, 1.54) is 5.56 Å². The average Bonchev–Trinajstić information content (AvgIpc) is 2.40. The van der Waals surface area contributed by atoms with E-state index in [4.69, 9.17) is 11.6 Å². The Balaban J connectivity index is 2.07. The molecule has 0 aliphatic rings. The first-order chi connectivity index (χ1) is 8.66. The Kier molecular flexibility index (Phi) is 4.98. The van der Waals surface area contributed by atoms with E-state index in [0.717, 1.165) is 11.3 Å². The van der Waals surface area contributed by atoms with Crippen LogP contribution in [0.3, 0.4) is 0 Å². The van der Waals surface area contributed by atoms with Crippen LogP contribution < -0.4 is 0 Å². The van der Waals surface area contributed by atoms with Crippen LogP contribution >= 0.6 is 27.5 Å². The molecule has 0 amide bonds. The largest absolute Gasteiger partial charge is 0.253 e. The minimum Gasteiger partial charge on any atom is -0.253 e. The van der Waals surface area contributed by atoms with Crippen molar-refractivity contribution in [1.82, 2.24) is 0 Å². The van der Waals surface area contributed by atoms with Crippen LogP contribution in [0.15, 0.2) is 59.5 Å². The molecule has 0 heterocycles. The van der Waals surface area contributed by atoms with E-state index in [9.17, 15) is 4.21 Å². The zero-order valence-corrected chi connectivity index (χ0v) is 12.7. The highest BCUT2D eigenvalue weighted by Crippen LogP contribution is 2.21. The number of hydrogen-bond acceptors (Lipinski definition) is 1. The van der Waals surface area contributed by atoms with Crippen molar-refractivity contribution in [2.75, 3.05) is 0 Å². The highest BCUT2D eigenvalue weighted by atomic mass is 79.9. The van der Waals surface area contributed by atoms with Crippen molar-refractivity contribution in [1.29, 1.82) is 0 Å². The Morgan fingerprint density at radius 2 is 1.67 bits per heavy atom. The molecule has 2 aromatic carbocycles. The third-order valence-corrected chi connectivity index (χ3v) is 5.48. The standard InChI is InChI=1S/C14H12BrClOS/c15-14(10-11-4-2-1-3-5-11)18(17)13-8-6-12(16)7-9-13/h1-9,14H,10H2/t14-,18+/m0/s1. The van der Waals surface area contributed by atoms with Gasteiger partial charge in [0.05, 0.1) is 15.0 Å². The van der Waals surface area contributed by atoms with Gasteiger partial charge >= 0.3 is 0 Å². The van der Waals surface area contributed by atoms with Gasteiger partial charge in [0.2, 0.25) is 0 Å². The van der Waals surface area contributed by atoms with Crippen LogP contribution in [0.25, 0.3) is 0 Å². The van der Waals surface area contributed by atoms with Crippen LogP contribution in [0.4, 0.5) is 0 Å². The Labute approximate surface area is 123 Å². The van der Waals surface area contributed by atoms with E-state index in [0.29, 0.717) is 5.02 Å². The second-order valence-electron chi connectivity index (χ2n) is 3.85. The monoisotopic (exact) mass is 342 g/mol. The topological polar surface area (TPSA) is 17.1 Å². The van der Waals surface area contributed by atoms with E-state index in [1.54, 1.807) is 24.3 Å². The molecule has 0 bridgehead atoms. The molecule has 0 unspecified atom stereocenters. The van der Waals surface area contributed by atoms with E-state index in [-0.39, 0.29) is 4.16 Å². The van der Waals surface area contributed by atoms with Gasteiger partial charge in [-0.05, 0) is 36.2 Å². The van der Waals surface area contributed by atoms with Gasteiger partial charge in [0.25, 0.3) is 0 Å². The molecule has 2 atom stereocenters. The molecule has 0 spiro atoms. The second-order valence-corrected chi connectivity index (χ2v) is 7.63. The minimum absolute atomic E-state index is 0.0962. The van der Waals surface area contributed by atoms with Gasteiger partial charge in [-0.2, -0.15) is 0 Å². The summed E-state index contributed by atoms with van der Waals surface area (Å²) in [5.74, 6) is 0. The highest BCUT2D eigenvalue weighted by molar-refractivity contribution is 9.11. The average molecular weight is 344 g/mol. The zero-order chi connectivity index (χ0) is 13.0. The molecule has 0 fully saturated rings. The molecular weight excluding hydrogens is 332 g/mol. The Bertz CT molecular complexity index is 527. The Morgan fingerprint density at radius 3 is 2.28 bits per heavy atom. The molecule has 0 saturated heterocycles.